The molecule has 0 rings (SSSR count). The molecule has 1 atom stereocenters. The summed E-state index contributed by atoms with van der Waals surface area (Å²) in [4.78, 5) is 11.1. The third-order valence-corrected chi connectivity index (χ3v) is 3.48. The Bertz CT molecular complexity index is 244. The van der Waals surface area contributed by atoms with E-state index in [1.54, 1.807) is 18.7 Å². The number of esters is 1. The number of carbonyl (C=O) groups is 1. The Labute approximate surface area is 96.8 Å². The molecule has 0 N–H and O–H groups in total. The summed E-state index contributed by atoms with van der Waals surface area (Å²) < 4.78 is 4.82. The fourth-order valence-electron chi connectivity index (χ4n) is 1.10. The van der Waals surface area contributed by atoms with Crippen LogP contribution in [0.5, 0.6) is 0 Å². The number of carbonyl (C=O) groups excluding carboxylic acids is 1. The van der Waals surface area contributed by atoms with E-state index < -0.39 is 0 Å². The van der Waals surface area contributed by atoms with Gasteiger partial charge in [-0.25, -0.2) is 4.79 Å². The van der Waals surface area contributed by atoms with Gasteiger partial charge in [-0.05, 0) is 18.6 Å². The molecule has 0 saturated heterocycles. The van der Waals surface area contributed by atoms with Crippen LogP contribution in [0.15, 0.2) is 24.8 Å². The molecule has 15 heavy (non-hydrogen) atoms. The van der Waals surface area contributed by atoms with Gasteiger partial charge in [-0.1, -0.05) is 26.0 Å². The molecule has 86 valence electrons. The number of rotatable bonds is 6. The highest BCUT2D eigenvalue weighted by Gasteiger charge is 2.23. The monoisotopic (exact) mass is 228 g/mol. The quantitative estimate of drug-likeness (QED) is 0.397. The molecule has 3 heteroatoms. The first kappa shape index (κ1) is 14.3. The van der Waals surface area contributed by atoms with E-state index in [-0.39, 0.29) is 16.6 Å². The van der Waals surface area contributed by atoms with Crippen LogP contribution in [0.3, 0.4) is 0 Å². The molecule has 0 saturated carbocycles. The second-order valence-corrected chi connectivity index (χ2v) is 4.77. The SMILES string of the molecule is C=CC(C)(C)C(C=CC(=O)OCC)SC. The molecule has 0 bridgehead atoms. The summed E-state index contributed by atoms with van der Waals surface area (Å²) in [5, 5.41) is 0.236. The first-order valence-electron chi connectivity index (χ1n) is 4.99. The minimum atomic E-state index is -0.281. The molecule has 0 aliphatic carbocycles. The van der Waals surface area contributed by atoms with Crippen LogP contribution >= 0.6 is 11.8 Å². The van der Waals surface area contributed by atoms with Gasteiger partial charge in [0.15, 0.2) is 0 Å². The van der Waals surface area contributed by atoms with Crippen LogP contribution in [-0.2, 0) is 9.53 Å². The summed E-state index contributed by atoms with van der Waals surface area (Å²) in [6.45, 7) is 10.2. The number of thioether (sulfide) groups is 1. The van der Waals surface area contributed by atoms with Crippen molar-refractivity contribution in [3.8, 4) is 0 Å². The summed E-state index contributed by atoms with van der Waals surface area (Å²) >= 11 is 1.70. The van der Waals surface area contributed by atoms with Gasteiger partial charge in [0, 0.05) is 11.3 Å². The molecule has 0 radical (unpaired) electrons. The van der Waals surface area contributed by atoms with Gasteiger partial charge in [0.25, 0.3) is 0 Å². The molecular formula is C12H20O2S. The fourth-order valence-corrected chi connectivity index (χ4v) is 2.04. The molecule has 0 aliphatic heterocycles. The summed E-state index contributed by atoms with van der Waals surface area (Å²) in [5.41, 5.74) is -0.0254. The van der Waals surface area contributed by atoms with E-state index in [9.17, 15) is 4.79 Å². The zero-order valence-corrected chi connectivity index (χ0v) is 10.8. The van der Waals surface area contributed by atoms with Gasteiger partial charge in [0.1, 0.15) is 0 Å². The molecular weight excluding hydrogens is 208 g/mol. The van der Waals surface area contributed by atoms with Crippen molar-refractivity contribution >= 4 is 17.7 Å². The summed E-state index contributed by atoms with van der Waals surface area (Å²) in [6, 6.07) is 0. The largest absolute Gasteiger partial charge is 0.463 e. The van der Waals surface area contributed by atoms with Crippen LogP contribution in [0.25, 0.3) is 0 Å². The average molecular weight is 228 g/mol. The molecule has 1 unspecified atom stereocenters. The molecule has 0 spiro atoms. The first-order valence-corrected chi connectivity index (χ1v) is 6.28. The lowest BCUT2D eigenvalue weighted by Crippen LogP contribution is -2.22. The van der Waals surface area contributed by atoms with Crippen molar-refractivity contribution in [3.63, 3.8) is 0 Å². The van der Waals surface area contributed by atoms with Gasteiger partial charge in [-0.2, -0.15) is 11.8 Å². The Kier molecular flexibility index (Phi) is 6.41. The lowest BCUT2D eigenvalue weighted by Gasteiger charge is -2.27. The van der Waals surface area contributed by atoms with Crippen molar-refractivity contribution < 1.29 is 9.53 Å². The summed E-state index contributed by atoms with van der Waals surface area (Å²) in [6.07, 6.45) is 7.30. The summed E-state index contributed by atoms with van der Waals surface area (Å²) in [5.74, 6) is -0.281. The van der Waals surface area contributed by atoms with Gasteiger partial charge >= 0.3 is 5.97 Å². The van der Waals surface area contributed by atoms with Crippen LogP contribution in [0.1, 0.15) is 20.8 Å². The number of allylic oxidation sites excluding steroid dienone is 1. The summed E-state index contributed by atoms with van der Waals surface area (Å²) in [7, 11) is 0. The van der Waals surface area contributed by atoms with E-state index in [0.717, 1.165) is 0 Å². The van der Waals surface area contributed by atoms with Crippen molar-refractivity contribution in [1.29, 1.82) is 0 Å². The highest BCUT2D eigenvalue weighted by atomic mass is 32.2. The topological polar surface area (TPSA) is 26.3 Å². The predicted molar refractivity (Wildman–Crippen MR) is 67.1 cm³/mol. The van der Waals surface area contributed by atoms with Crippen LogP contribution in [0, 0.1) is 5.41 Å². The Morgan fingerprint density at radius 1 is 1.60 bits per heavy atom. The lowest BCUT2D eigenvalue weighted by atomic mass is 9.89. The van der Waals surface area contributed by atoms with E-state index in [2.05, 4.69) is 20.4 Å². The highest BCUT2D eigenvalue weighted by Crippen LogP contribution is 2.31. The van der Waals surface area contributed by atoms with Crippen molar-refractivity contribution in [1.82, 2.24) is 0 Å². The normalized spacial score (nSPS) is 13.9. The van der Waals surface area contributed by atoms with Gasteiger partial charge in [0.05, 0.1) is 6.61 Å². The van der Waals surface area contributed by atoms with Gasteiger partial charge < -0.3 is 4.74 Å². The standard InChI is InChI=1S/C12H20O2S/c1-6-12(3,4)10(15-5)8-9-11(13)14-7-2/h6,8-10H,1,7H2,2-5H3. The number of hydrogen-bond acceptors (Lipinski definition) is 3. The molecule has 0 heterocycles. The Morgan fingerprint density at radius 3 is 2.60 bits per heavy atom. The molecule has 0 aromatic heterocycles. The van der Waals surface area contributed by atoms with E-state index in [1.807, 2.05) is 18.4 Å². The van der Waals surface area contributed by atoms with E-state index in [0.29, 0.717) is 6.61 Å². The molecule has 0 aromatic rings. The molecule has 2 nitrogen and oxygen atoms in total. The minimum absolute atomic E-state index is 0.0254. The molecule has 0 amide bonds. The van der Waals surface area contributed by atoms with Crippen molar-refractivity contribution in [3.05, 3.63) is 24.8 Å². The minimum Gasteiger partial charge on any atom is -0.463 e. The highest BCUT2D eigenvalue weighted by molar-refractivity contribution is 7.99. The van der Waals surface area contributed by atoms with Crippen LogP contribution in [0.4, 0.5) is 0 Å². The van der Waals surface area contributed by atoms with Crippen LogP contribution < -0.4 is 0 Å². The number of ether oxygens (including phenoxy) is 1. The van der Waals surface area contributed by atoms with Crippen molar-refractivity contribution in [2.24, 2.45) is 5.41 Å². The van der Waals surface area contributed by atoms with E-state index >= 15 is 0 Å². The Hall–Kier alpha value is -0.700. The second-order valence-electron chi connectivity index (χ2n) is 3.79. The zero-order valence-electron chi connectivity index (χ0n) is 9.95. The van der Waals surface area contributed by atoms with E-state index in [4.69, 9.17) is 4.74 Å². The maximum Gasteiger partial charge on any atom is 0.330 e. The molecule has 0 fully saturated rings. The maximum absolute atomic E-state index is 11.1. The second kappa shape index (κ2) is 6.72. The lowest BCUT2D eigenvalue weighted by molar-refractivity contribution is -0.137. The van der Waals surface area contributed by atoms with Gasteiger partial charge in [-0.3, -0.25) is 0 Å². The molecule has 0 aromatic carbocycles. The Balaban J connectivity index is 4.45. The van der Waals surface area contributed by atoms with Crippen molar-refractivity contribution in [2.45, 2.75) is 26.0 Å². The van der Waals surface area contributed by atoms with Crippen LogP contribution in [0.2, 0.25) is 0 Å². The zero-order chi connectivity index (χ0) is 11.9. The third kappa shape index (κ3) is 5.07. The van der Waals surface area contributed by atoms with Gasteiger partial charge in [-0.15, -0.1) is 6.58 Å². The Morgan fingerprint density at radius 2 is 2.20 bits per heavy atom. The predicted octanol–water partition coefficient (Wildman–Crippen LogP) is 3.05. The van der Waals surface area contributed by atoms with Crippen molar-refractivity contribution in [2.75, 3.05) is 12.9 Å². The average Bonchev–Trinajstić information content (AvgIpc) is 2.19. The fraction of sp³-hybridized carbons (Fsp3) is 0.583. The van der Waals surface area contributed by atoms with Crippen LogP contribution in [-0.4, -0.2) is 24.1 Å². The molecule has 0 aliphatic rings. The third-order valence-electron chi connectivity index (χ3n) is 2.21. The van der Waals surface area contributed by atoms with Gasteiger partial charge in [0.2, 0.25) is 0 Å². The smallest absolute Gasteiger partial charge is 0.330 e. The van der Waals surface area contributed by atoms with E-state index in [1.165, 1.54) is 6.08 Å². The first-order chi connectivity index (χ1) is 6.97. The number of hydrogen-bond donors (Lipinski definition) is 0. The maximum atomic E-state index is 11.1.